The molecule has 0 heterocycles. The van der Waals surface area contributed by atoms with Crippen molar-refractivity contribution in [2.45, 2.75) is 0 Å². The van der Waals surface area contributed by atoms with Crippen LogP contribution >= 0.6 is 0 Å². The van der Waals surface area contributed by atoms with Crippen LogP contribution in [0.3, 0.4) is 0 Å². The molecule has 1 aromatic carbocycles. The van der Waals surface area contributed by atoms with Crippen LogP contribution in [0.25, 0.3) is 0 Å². The number of sulfonamides is 1. The summed E-state index contributed by atoms with van der Waals surface area (Å²) >= 11 is 0. The molecule has 15 heavy (non-hydrogen) atoms. The number of hydrogen-bond donors (Lipinski definition) is 2. The molecule has 0 aliphatic rings. The minimum atomic E-state index is -3.34. The summed E-state index contributed by atoms with van der Waals surface area (Å²) in [5, 5.41) is 10.3. The molecule has 0 aromatic heterocycles. The third kappa shape index (κ3) is 3.92. The van der Waals surface area contributed by atoms with Gasteiger partial charge >= 0.3 is 0 Å². The van der Waals surface area contributed by atoms with Gasteiger partial charge in [0.1, 0.15) is 0 Å². The number of nitrogens with zero attached hydrogens (tertiary/aromatic N) is 1. The molecule has 1 aromatic rings. The fraction of sp³-hybridized carbons (Fsp3) is 0.143. The Kier molecular flexibility index (Phi) is 3.22. The molecule has 82 valence electrons. The van der Waals surface area contributed by atoms with Crippen LogP contribution in [0.4, 0.5) is 11.4 Å². The van der Waals surface area contributed by atoms with Gasteiger partial charge in [0.15, 0.2) is 0 Å². The summed E-state index contributed by atoms with van der Waals surface area (Å²) in [6.07, 6.45) is 0.991. The zero-order valence-corrected chi connectivity index (χ0v) is 8.61. The standard InChI is InChI=1S/C7H9N3O4S/c1-15(13,14)9-8-6-2-4-7(5-3-6)10(11)12/h2-5,8-9H,1H3. The lowest BCUT2D eigenvalue weighted by Crippen LogP contribution is -2.27. The molecule has 0 saturated carbocycles. The van der Waals surface area contributed by atoms with Gasteiger partial charge in [-0.05, 0) is 12.1 Å². The SMILES string of the molecule is CS(=O)(=O)NNc1ccc([N+](=O)[O-])cc1. The van der Waals surface area contributed by atoms with Gasteiger partial charge in [0.25, 0.3) is 5.69 Å². The Morgan fingerprint density at radius 2 is 1.80 bits per heavy atom. The van der Waals surface area contributed by atoms with Gasteiger partial charge < -0.3 is 5.43 Å². The molecule has 7 nitrogen and oxygen atoms in total. The maximum atomic E-state index is 10.7. The number of rotatable bonds is 4. The van der Waals surface area contributed by atoms with Crippen molar-refractivity contribution in [3.8, 4) is 0 Å². The van der Waals surface area contributed by atoms with Crippen molar-refractivity contribution in [2.75, 3.05) is 11.7 Å². The monoisotopic (exact) mass is 231 g/mol. The largest absolute Gasteiger partial charge is 0.308 e. The van der Waals surface area contributed by atoms with Crippen LogP contribution in [-0.4, -0.2) is 19.6 Å². The average Bonchev–Trinajstić information content (AvgIpc) is 2.14. The lowest BCUT2D eigenvalue weighted by Gasteiger charge is -2.05. The number of anilines is 1. The smallest absolute Gasteiger partial charge is 0.269 e. The van der Waals surface area contributed by atoms with Crippen molar-refractivity contribution in [2.24, 2.45) is 0 Å². The van der Waals surface area contributed by atoms with E-state index in [1.165, 1.54) is 24.3 Å². The maximum Gasteiger partial charge on any atom is 0.269 e. The van der Waals surface area contributed by atoms with E-state index in [4.69, 9.17) is 0 Å². The highest BCUT2D eigenvalue weighted by Crippen LogP contribution is 2.14. The van der Waals surface area contributed by atoms with Gasteiger partial charge in [-0.3, -0.25) is 10.1 Å². The topological polar surface area (TPSA) is 101 Å². The normalized spacial score (nSPS) is 11.0. The highest BCUT2D eigenvalue weighted by molar-refractivity contribution is 7.88. The number of nitro groups is 1. The molecule has 0 radical (unpaired) electrons. The second-order valence-electron chi connectivity index (χ2n) is 2.80. The van der Waals surface area contributed by atoms with E-state index in [1.54, 1.807) is 0 Å². The summed E-state index contributed by atoms with van der Waals surface area (Å²) in [5.74, 6) is 0. The molecular formula is C7H9N3O4S. The van der Waals surface area contributed by atoms with Crippen molar-refractivity contribution < 1.29 is 13.3 Å². The van der Waals surface area contributed by atoms with Gasteiger partial charge in [-0.1, -0.05) is 0 Å². The predicted molar refractivity (Wildman–Crippen MR) is 54.7 cm³/mol. The molecule has 0 amide bonds. The summed E-state index contributed by atoms with van der Waals surface area (Å²) in [5.41, 5.74) is 2.76. The minimum Gasteiger partial charge on any atom is -0.308 e. The Morgan fingerprint density at radius 1 is 1.27 bits per heavy atom. The second kappa shape index (κ2) is 4.24. The Hall–Kier alpha value is -1.67. The summed E-state index contributed by atoms with van der Waals surface area (Å²) in [6, 6.07) is 5.34. The van der Waals surface area contributed by atoms with Crippen LogP contribution < -0.4 is 10.3 Å². The molecule has 0 atom stereocenters. The van der Waals surface area contributed by atoms with E-state index >= 15 is 0 Å². The molecule has 0 unspecified atom stereocenters. The number of nitro benzene ring substituents is 1. The molecule has 0 saturated heterocycles. The number of hydrogen-bond acceptors (Lipinski definition) is 5. The van der Waals surface area contributed by atoms with Gasteiger partial charge in [-0.2, -0.15) is 0 Å². The summed E-state index contributed by atoms with van der Waals surface area (Å²) in [4.78, 5) is 11.8. The average molecular weight is 231 g/mol. The quantitative estimate of drug-likeness (QED) is 0.579. The van der Waals surface area contributed by atoms with Gasteiger partial charge in [0, 0.05) is 12.1 Å². The Labute approximate surface area is 86.3 Å². The van der Waals surface area contributed by atoms with Gasteiger partial charge in [-0.25, -0.2) is 8.42 Å². The Balaban J connectivity index is 2.69. The third-order valence-electron chi connectivity index (χ3n) is 1.46. The first-order valence-corrected chi connectivity index (χ1v) is 5.75. The molecule has 1 rings (SSSR count). The van der Waals surface area contributed by atoms with Gasteiger partial charge in [0.05, 0.1) is 16.9 Å². The summed E-state index contributed by atoms with van der Waals surface area (Å²) < 4.78 is 21.4. The molecular weight excluding hydrogens is 222 g/mol. The third-order valence-corrected chi connectivity index (χ3v) is 1.93. The first-order valence-electron chi connectivity index (χ1n) is 3.86. The highest BCUT2D eigenvalue weighted by Gasteiger charge is 2.04. The van der Waals surface area contributed by atoms with Crippen LogP contribution in [-0.2, 0) is 10.0 Å². The molecule has 2 N–H and O–H groups in total. The van der Waals surface area contributed by atoms with E-state index in [9.17, 15) is 18.5 Å². The first-order chi connectivity index (χ1) is 6.88. The van der Waals surface area contributed by atoms with Crippen molar-refractivity contribution in [1.29, 1.82) is 0 Å². The Morgan fingerprint density at radius 3 is 2.20 bits per heavy atom. The van der Waals surface area contributed by atoms with Crippen molar-refractivity contribution in [1.82, 2.24) is 4.83 Å². The zero-order valence-electron chi connectivity index (χ0n) is 7.80. The lowest BCUT2D eigenvalue weighted by molar-refractivity contribution is -0.384. The molecule has 8 heteroatoms. The van der Waals surface area contributed by atoms with E-state index in [0.717, 1.165) is 6.26 Å². The molecule has 0 aliphatic heterocycles. The van der Waals surface area contributed by atoms with Crippen LogP contribution in [0.2, 0.25) is 0 Å². The number of non-ortho nitro benzene ring substituents is 1. The van der Waals surface area contributed by atoms with E-state index < -0.39 is 14.9 Å². The van der Waals surface area contributed by atoms with Crippen LogP contribution in [0.5, 0.6) is 0 Å². The fourth-order valence-corrected chi connectivity index (χ4v) is 1.12. The second-order valence-corrected chi connectivity index (χ2v) is 4.55. The van der Waals surface area contributed by atoms with E-state index in [0.29, 0.717) is 5.69 Å². The highest BCUT2D eigenvalue weighted by atomic mass is 32.2. The van der Waals surface area contributed by atoms with E-state index in [2.05, 4.69) is 5.43 Å². The van der Waals surface area contributed by atoms with Crippen molar-refractivity contribution in [3.63, 3.8) is 0 Å². The molecule has 0 spiro atoms. The summed E-state index contributed by atoms with van der Waals surface area (Å²) in [7, 11) is -3.34. The van der Waals surface area contributed by atoms with Crippen LogP contribution in [0.15, 0.2) is 24.3 Å². The number of hydrazine groups is 1. The van der Waals surface area contributed by atoms with E-state index in [-0.39, 0.29) is 5.69 Å². The lowest BCUT2D eigenvalue weighted by atomic mass is 10.3. The molecule has 0 aliphatic carbocycles. The predicted octanol–water partition coefficient (Wildman–Crippen LogP) is 0.471. The van der Waals surface area contributed by atoms with Gasteiger partial charge in [-0.15, -0.1) is 4.83 Å². The Bertz CT molecular complexity index is 454. The fourth-order valence-electron chi connectivity index (χ4n) is 0.818. The van der Waals surface area contributed by atoms with Gasteiger partial charge in [0.2, 0.25) is 10.0 Å². The van der Waals surface area contributed by atoms with Crippen molar-refractivity contribution in [3.05, 3.63) is 34.4 Å². The molecule has 0 bridgehead atoms. The summed E-state index contributed by atoms with van der Waals surface area (Å²) in [6.45, 7) is 0. The number of nitrogens with one attached hydrogen (secondary N) is 2. The van der Waals surface area contributed by atoms with Crippen molar-refractivity contribution >= 4 is 21.4 Å². The van der Waals surface area contributed by atoms with E-state index in [1.807, 2.05) is 4.83 Å². The first kappa shape index (κ1) is 11.4. The maximum absolute atomic E-state index is 10.7. The molecule has 0 fully saturated rings. The minimum absolute atomic E-state index is 0.0556. The number of benzene rings is 1. The van der Waals surface area contributed by atoms with Crippen LogP contribution in [0.1, 0.15) is 0 Å². The van der Waals surface area contributed by atoms with Crippen LogP contribution in [0, 0.1) is 10.1 Å². The zero-order chi connectivity index (χ0) is 11.5.